The number of hydrogen-bond acceptors (Lipinski definition) is 4. The molecule has 142 valence electrons. The molecular weight excluding hydrogens is 374 g/mol. The van der Waals surface area contributed by atoms with Crippen LogP contribution < -0.4 is 15.6 Å². The monoisotopic (exact) mass is 393 g/mol. The minimum atomic E-state index is -3.84. The van der Waals surface area contributed by atoms with Crippen molar-refractivity contribution in [3.63, 3.8) is 0 Å². The number of carbonyl (C=O) groups excluding carboxylic acids is 1. The highest BCUT2D eigenvalue weighted by atomic mass is 32.2. The summed E-state index contributed by atoms with van der Waals surface area (Å²) in [7, 11) is -3.84. The van der Waals surface area contributed by atoms with Gasteiger partial charge in [-0.05, 0) is 46.5 Å². The van der Waals surface area contributed by atoms with E-state index in [9.17, 15) is 13.2 Å². The van der Waals surface area contributed by atoms with Crippen molar-refractivity contribution >= 4 is 15.9 Å². The Kier molecular flexibility index (Phi) is 4.95. The van der Waals surface area contributed by atoms with Crippen LogP contribution >= 0.6 is 0 Å². The first-order valence-corrected chi connectivity index (χ1v) is 10.3. The lowest BCUT2D eigenvalue weighted by molar-refractivity contribution is 0.0944. The first-order chi connectivity index (χ1) is 13.5. The first kappa shape index (κ1) is 18.4. The van der Waals surface area contributed by atoms with Crippen molar-refractivity contribution < 1.29 is 13.2 Å². The molecule has 1 heterocycles. The molecule has 0 fully saturated rings. The standard InChI is InChI=1S/C21H19N3O3S/c25-21(23-24-28(26,27)18-9-5-2-6-10-18)19-12-16(15-7-3-1-4-8-15)11-17-13-22-14-20(17)19/h1-12,22,24H,13-14H2,(H,23,25). The lowest BCUT2D eigenvalue weighted by atomic mass is 9.95. The molecule has 0 atom stereocenters. The maximum atomic E-state index is 12.8. The zero-order valence-electron chi connectivity index (χ0n) is 15.0. The van der Waals surface area contributed by atoms with E-state index in [2.05, 4.69) is 21.6 Å². The van der Waals surface area contributed by atoms with E-state index in [1.165, 1.54) is 12.1 Å². The number of hydrazine groups is 1. The topological polar surface area (TPSA) is 87.3 Å². The summed E-state index contributed by atoms with van der Waals surface area (Å²) in [5.41, 5.74) is 6.63. The van der Waals surface area contributed by atoms with Crippen LogP contribution in [0, 0.1) is 0 Å². The summed E-state index contributed by atoms with van der Waals surface area (Å²) in [4.78, 5) is 15.1. The Hall–Kier alpha value is -3.00. The van der Waals surface area contributed by atoms with Crippen LogP contribution in [0.3, 0.4) is 0 Å². The number of benzene rings is 3. The predicted octanol–water partition coefficient (Wildman–Crippen LogP) is 2.58. The smallest absolute Gasteiger partial charge is 0.266 e. The Morgan fingerprint density at radius 2 is 1.54 bits per heavy atom. The summed E-state index contributed by atoms with van der Waals surface area (Å²) < 4.78 is 24.7. The van der Waals surface area contributed by atoms with Crippen LogP contribution in [0.2, 0.25) is 0 Å². The lowest BCUT2D eigenvalue weighted by Gasteiger charge is -2.13. The fraction of sp³-hybridized carbons (Fsp3) is 0.0952. The van der Waals surface area contributed by atoms with Crippen LogP contribution in [0.4, 0.5) is 0 Å². The van der Waals surface area contributed by atoms with Crippen molar-refractivity contribution in [2.24, 2.45) is 0 Å². The van der Waals surface area contributed by atoms with Gasteiger partial charge in [0.25, 0.3) is 15.9 Å². The van der Waals surface area contributed by atoms with E-state index in [4.69, 9.17) is 0 Å². The molecule has 0 saturated carbocycles. The fourth-order valence-corrected chi connectivity index (χ4v) is 4.12. The average molecular weight is 393 g/mol. The van der Waals surface area contributed by atoms with Gasteiger partial charge in [-0.15, -0.1) is 4.83 Å². The zero-order chi connectivity index (χ0) is 19.6. The summed E-state index contributed by atoms with van der Waals surface area (Å²) in [6.07, 6.45) is 0. The van der Waals surface area contributed by atoms with Gasteiger partial charge in [0.05, 0.1) is 4.90 Å². The highest BCUT2D eigenvalue weighted by Gasteiger charge is 2.22. The van der Waals surface area contributed by atoms with Crippen LogP contribution in [-0.4, -0.2) is 14.3 Å². The number of sulfonamides is 1. The van der Waals surface area contributed by atoms with E-state index >= 15 is 0 Å². The molecule has 0 bridgehead atoms. The minimum Gasteiger partial charge on any atom is -0.309 e. The van der Waals surface area contributed by atoms with Crippen LogP contribution in [0.15, 0.2) is 77.7 Å². The lowest BCUT2D eigenvalue weighted by Crippen LogP contribution is -2.41. The normalized spacial score (nSPS) is 13.1. The largest absolute Gasteiger partial charge is 0.309 e. The second-order valence-corrected chi connectivity index (χ2v) is 8.19. The van der Waals surface area contributed by atoms with Crippen molar-refractivity contribution in [2.75, 3.05) is 0 Å². The molecule has 0 spiro atoms. The molecule has 3 N–H and O–H groups in total. The van der Waals surface area contributed by atoms with E-state index in [1.54, 1.807) is 24.3 Å². The van der Waals surface area contributed by atoms with Crippen LogP contribution in [-0.2, 0) is 23.1 Å². The molecule has 0 aromatic heterocycles. The maximum absolute atomic E-state index is 12.8. The van der Waals surface area contributed by atoms with Gasteiger partial charge >= 0.3 is 0 Å². The molecule has 0 aliphatic carbocycles. The number of amides is 1. The van der Waals surface area contributed by atoms with Gasteiger partial charge in [0.15, 0.2) is 0 Å². The third-order valence-electron chi connectivity index (χ3n) is 4.66. The zero-order valence-corrected chi connectivity index (χ0v) is 15.8. The van der Waals surface area contributed by atoms with Crippen molar-refractivity contribution in [3.05, 3.63) is 89.5 Å². The van der Waals surface area contributed by atoms with Crippen LogP contribution in [0.25, 0.3) is 11.1 Å². The van der Waals surface area contributed by atoms with Gasteiger partial charge < -0.3 is 5.32 Å². The van der Waals surface area contributed by atoms with E-state index in [1.807, 2.05) is 30.3 Å². The van der Waals surface area contributed by atoms with Gasteiger partial charge in [-0.2, -0.15) is 0 Å². The second-order valence-electron chi connectivity index (χ2n) is 6.50. The molecule has 4 rings (SSSR count). The average Bonchev–Trinajstić information content (AvgIpc) is 3.21. The molecule has 0 saturated heterocycles. The number of carbonyl (C=O) groups is 1. The third kappa shape index (κ3) is 3.68. The minimum absolute atomic E-state index is 0.0835. The van der Waals surface area contributed by atoms with Gasteiger partial charge in [0.1, 0.15) is 0 Å². The van der Waals surface area contributed by atoms with Gasteiger partial charge in [0.2, 0.25) is 0 Å². The summed E-state index contributed by atoms with van der Waals surface area (Å²) in [6.45, 7) is 1.24. The quantitative estimate of drug-likeness (QED) is 0.582. The van der Waals surface area contributed by atoms with Crippen molar-refractivity contribution in [1.82, 2.24) is 15.6 Å². The van der Waals surface area contributed by atoms with Gasteiger partial charge in [0, 0.05) is 18.7 Å². The Morgan fingerprint density at radius 1 is 0.857 bits per heavy atom. The molecule has 3 aromatic carbocycles. The van der Waals surface area contributed by atoms with E-state index in [0.29, 0.717) is 18.7 Å². The Balaban J connectivity index is 1.62. The number of nitrogens with one attached hydrogen (secondary N) is 3. The molecule has 1 aliphatic heterocycles. The highest BCUT2D eigenvalue weighted by Crippen LogP contribution is 2.28. The van der Waals surface area contributed by atoms with Gasteiger partial charge in [-0.25, -0.2) is 8.42 Å². The molecule has 7 heteroatoms. The second kappa shape index (κ2) is 7.55. The number of hydrogen-bond donors (Lipinski definition) is 3. The van der Waals surface area contributed by atoms with Crippen molar-refractivity contribution in [2.45, 2.75) is 18.0 Å². The van der Waals surface area contributed by atoms with Crippen LogP contribution in [0.5, 0.6) is 0 Å². The first-order valence-electron chi connectivity index (χ1n) is 8.84. The molecule has 1 amide bonds. The number of rotatable bonds is 5. The van der Waals surface area contributed by atoms with Gasteiger partial charge in [-0.3, -0.25) is 10.2 Å². The van der Waals surface area contributed by atoms with E-state index in [-0.39, 0.29) is 4.90 Å². The Labute approximate surface area is 163 Å². The van der Waals surface area contributed by atoms with E-state index < -0.39 is 15.9 Å². The Morgan fingerprint density at radius 3 is 2.25 bits per heavy atom. The summed E-state index contributed by atoms with van der Waals surface area (Å²) in [5, 5.41) is 3.24. The highest BCUT2D eigenvalue weighted by molar-refractivity contribution is 7.89. The van der Waals surface area contributed by atoms with Crippen molar-refractivity contribution in [1.29, 1.82) is 0 Å². The molecule has 1 aliphatic rings. The maximum Gasteiger partial charge on any atom is 0.266 e. The molecule has 3 aromatic rings. The third-order valence-corrected chi connectivity index (χ3v) is 5.93. The molecule has 28 heavy (non-hydrogen) atoms. The molecular formula is C21H19N3O3S. The predicted molar refractivity (Wildman–Crippen MR) is 107 cm³/mol. The van der Waals surface area contributed by atoms with Gasteiger partial charge in [-0.1, -0.05) is 48.5 Å². The molecule has 6 nitrogen and oxygen atoms in total. The van der Waals surface area contributed by atoms with Crippen LogP contribution in [0.1, 0.15) is 21.5 Å². The molecule has 0 radical (unpaired) electrons. The summed E-state index contributed by atoms with van der Waals surface area (Å²) in [5.74, 6) is -0.489. The SMILES string of the molecule is O=C(NNS(=O)(=O)c1ccccc1)c1cc(-c2ccccc2)cc2c1CNC2. The fourth-order valence-electron chi connectivity index (χ4n) is 3.26. The summed E-state index contributed by atoms with van der Waals surface area (Å²) >= 11 is 0. The molecule has 0 unspecified atom stereocenters. The summed E-state index contributed by atoms with van der Waals surface area (Å²) in [6, 6.07) is 21.5. The Bertz CT molecular complexity index is 1110. The van der Waals surface area contributed by atoms with E-state index in [0.717, 1.165) is 22.3 Å². The van der Waals surface area contributed by atoms with Crippen molar-refractivity contribution in [3.8, 4) is 11.1 Å². The number of fused-ring (bicyclic) bond motifs is 1.